The molecule has 4 rings (SSSR count). The minimum absolute atomic E-state index is 0.0137. The Hall–Kier alpha value is -3.37. The van der Waals surface area contributed by atoms with E-state index in [0.717, 1.165) is 0 Å². The van der Waals surface area contributed by atoms with E-state index >= 15 is 0 Å². The Morgan fingerprint density at radius 1 is 0.964 bits per heavy atom. The Bertz CT molecular complexity index is 958. The zero-order chi connectivity index (χ0) is 19.5. The first kappa shape index (κ1) is 18.0. The topological polar surface area (TPSA) is 82.9 Å². The first-order valence-corrected chi connectivity index (χ1v) is 9.09. The summed E-state index contributed by atoms with van der Waals surface area (Å²) in [6.45, 7) is 2.82. The average Bonchev–Trinajstić information content (AvgIpc) is 3.21. The quantitative estimate of drug-likeness (QED) is 0.757. The number of ketones is 1. The molecule has 2 heterocycles. The van der Waals surface area contributed by atoms with Gasteiger partial charge in [-0.2, -0.15) is 5.26 Å². The van der Waals surface area contributed by atoms with Crippen LogP contribution in [0.3, 0.4) is 0 Å². The van der Waals surface area contributed by atoms with Gasteiger partial charge in [-0.25, -0.2) is 0 Å². The summed E-state index contributed by atoms with van der Waals surface area (Å²) in [6.07, 6.45) is 0. The van der Waals surface area contributed by atoms with Gasteiger partial charge in [0, 0.05) is 37.3 Å². The summed E-state index contributed by atoms with van der Waals surface area (Å²) in [5.41, 5.74) is 1.58. The smallest absolute Gasteiger partial charge is 0.253 e. The van der Waals surface area contributed by atoms with Crippen LogP contribution in [-0.4, -0.2) is 61.0 Å². The van der Waals surface area contributed by atoms with Crippen LogP contribution in [0.5, 0.6) is 11.5 Å². The predicted molar refractivity (Wildman–Crippen MR) is 100 cm³/mol. The molecule has 0 aliphatic carbocycles. The molecule has 0 aromatic heterocycles. The summed E-state index contributed by atoms with van der Waals surface area (Å²) in [4.78, 5) is 29.0. The molecular formula is C21H19N3O4. The number of nitrogens with zero attached hydrogens (tertiary/aromatic N) is 3. The van der Waals surface area contributed by atoms with Crippen molar-refractivity contribution in [2.24, 2.45) is 0 Å². The van der Waals surface area contributed by atoms with E-state index in [1.807, 2.05) is 4.90 Å². The molecule has 7 nitrogen and oxygen atoms in total. The van der Waals surface area contributed by atoms with Crippen molar-refractivity contribution in [3.8, 4) is 17.6 Å². The Morgan fingerprint density at radius 2 is 1.75 bits per heavy atom. The number of hydrogen-bond donors (Lipinski definition) is 0. The number of amides is 1. The van der Waals surface area contributed by atoms with Crippen molar-refractivity contribution in [2.75, 3.05) is 39.5 Å². The maximum Gasteiger partial charge on any atom is 0.253 e. The molecule has 0 atom stereocenters. The maximum absolute atomic E-state index is 12.6. The summed E-state index contributed by atoms with van der Waals surface area (Å²) < 4.78 is 10.6. The first-order valence-electron chi connectivity index (χ1n) is 9.09. The Kier molecular flexibility index (Phi) is 4.96. The number of Topliss-reactive ketones (excluding diaryl/α,β-unsaturated/α-hetero) is 1. The molecule has 2 aromatic carbocycles. The van der Waals surface area contributed by atoms with Crippen LogP contribution >= 0.6 is 0 Å². The van der Waals surface area contributed by atoms with E-state index in [4.69, 9.17) is 14.7 Å². The zero-order valence-corrected chi connectivity index (χ0v) is 15.3. The van der Waals surface area contributed by atoms with E-state index in [1.165, 1.54) is 0 Å². The van der Waals surface area contributed by atoms with Crippen LogP contribution in [0.25, 0.3) is 0 Å². The molecule has 7 heteroatoms. The maximum atomic E-state index is 12.6. The van der Waals surface area contributed by atoms with Crippen molar-refractivity contribution in [1.29, 1.82) is 5.26 Å². The van der Waals surface area contributed by atoms with Crippen molar-refractivity contribution in [3.05, 3.63) is 59.2 Å². The highest BCUT2D eigenvalue weighted by molar-refractivity contribution is 5.98. The Morgan fingerprint density at radius 3 is 2.54 bits per heavy atom. The van der Waals surface area contributed by atoms with Gasteiger partial charge in [-0.05, 0) is 36.4 Å². The molecular weight excluding hydrogens is 358 g/mol. The molecule has 2 aliphatic heterocycles. The minimum Gasteiger partial charge on any atom is -0.454 e. The second-order valence-electron chi connectivity index (χ2n) is 6.75. The molecule has 1 fully saturated rings. The standard InChI is InChI=1S/C21H19N3O4/c22-12-15-2-1-3-17(10-15)21(26)24-8-6-23(7-9-24)13-18(25)16-4-5-19-20(11-16)28-14-27-19/h1-5,10-11H,6-9,13-14H2. The number of hydrogen-bond acceptors (Lipinski definition) is 6. The highest BCUT2D eigenvalue weighted by atomic mass is 16.7. The molecule has 2 aliphatic rings. The van der Waals surface area contributed by atoms with E-state index in [9.17, 15) is 9.59 Å². The van der Waals surface area contributed by atoms with Crippen molar-refractivity contribution in [1.82, 2.24) is 9.80 Å². The van der Waals surface area contributed by atoms with E-state index < -0.39 is 0 Å². The molecule has 2 aromatic rings. The molecule has 0 N–H and O–H groups in total. The fourth-order valence-corrected chi connectivity index (χ4v) is 3.38. The summed E-state index contributed by atoms with van der Waals surface area (Å²) in [5, 5.41) is 8.99. The van der Waals surface area contributed by atoms with Gasteiger partial charge in [0.25, 0.3) is 5.91 Å². The largest absolute Gasteiger partial charge is 0.454 e. The lowest BCUT2D eigenvalue weighted by atomic mass is 10.1. The predicted octanol–water partition coefficient (Wildman–Crippen LogP) is 1.93. The van der Waals surface area contributed by atoms with E-state index in [1.54, 1.807) is 47.4 Å². The second kappa shape index (κ2) is 7.71. The van der Waals surface area contributed by atoms with Crippen LogP contribution in [0.4, 0.5) is 0 Å². The van der Waals surface area contributed by atoms with Crippen LogP contribution in [-0.2, 0) is 0 Å². The normalized spacial score (nSPS) is 15.9. The molecule has 1 amide bonds. The number of piperazine rings is 1. The third kappa shape index (κ3) is 3.68. The fourth-order valence-electron chi connectivity index (χ4n) is 3.38. The zero-order valence-electron chi connectivity index (χ0n) is 15.3. The van der Waals surface area contributed by atoms with Gasteiger partial charge in [-0.15, -0.1) is 0 Å². The van der Waals surface area contributed by atoms with Gasteiger partial charge in [0.2, 0.25) is 6.79 Å². The number of carbonyl (C=O) groups excluding carboxylic acids is 2. The van der Waals surface area contributed by atoms with Crippen LogP contribution in [0.2, 0.25) is 0 Å². The van der Waals surface area contributed by atoms with Gasteiger partial charge in [0.05, 0.1) is 18.2 Å². The van der Waals surface area contributed by atoms with Crippen molar-refractivity contribution in [2.45, 2.75) is 0 Å². The average molecular weight is 377 g/mol. The Balaban J connectivity index is 1.33. The van der Waals surface area contributed by atoms with Gasteiger partial charge < -0.3 is 14.4 Å². The summed E-state index contributed by atoms with van der Waals surface area (Å²) >= 11 is 0. The minimum atomic E-state index is -0.0844. The number of benzene rings is 2. The second-order valence-corrected chi connectivity index (χ2v) is 6.75. The highest BCUT2D eigenvalue weighted by Gasteiger charge is 2.24. The lowest BCUT2D eigenvalue weighted by molar-refractivity contribution is 0.0624. The number of nitriles is 1. The van der Waals surface area contributed by atoms with Gasteiger partial charge in [-0.3, -0.25) is 14.5 Å². The van der Waals surface area contributed by atoms with Crippen molar-refractivity contribution >= 4 is 11.7 Å². The molecule has 0 unspecified atom stereocenters. The van der Waals surface area contributed by atoms with E-state index in [-0.39, 0.29) is 18.5 Å². The van der Waals surface area contributed by atoms with Crippen molar-refractivity contribution in [3.63, 3.8) is 0 Å². The number of rotatable bonds is 4. The van der Waals surface area contributed by atoms with Gasteiger partial charge in [0.1, 0.15) is 0 Å². The lowest BCUT2D eigenvalue weighted by Crippen LogP contribution is -2.49. The number of carbonyl (C=O) groups is 2. The summed E-state index contributed by atoms with van der Waals surface area (Å²) in [7, 11) is 0. The Labute approximate surface area is 162 Å². The van der Waals surface area contributed by atoms with E-state index in [0.29, 0.717) is 60.9 Å². The molecule has 142 valence electrons. The molecule has 0 radical (unpaired) electrons. The summed E-state index contributed by atoms with van der Waals surface area (Å²) in [5.74, 6) is 1.18. The van der Waals surface area contributed by atoms with Crippen LogP contribution in [0.1, 0.15) is 26.3 Å². The third-order valence-electron chi connectivity index (χ3n) is 4.96. The number of ether oxygens (including phenoxy) is 2. The van der Waals surface area contributed by atoms with E-state index in [2.05, 4.69) is 6.07 Å². The highest BCUT2D eigenvalue weighted by Crippen LogP contribution is 2.32. The number of fused-ring (bicyclic) bond motifs is 1. The SMILES string of the molecule is N#Cc1cccc(C(=O)N2CCN(CC(=O)c3ccc4c(c3)OCO4)CC2)c1. The first-order chi connectivity index (χ1) is 13.6. The van der Waals surface area contributed by atoms with Crippen LogP contribution < -0.4 is 9.47 Å². The van der Waals surface area contributed by atoms with Crippen LogP contribution in [0, 0.1) is 11.3 Å². The summed E-state index contributed by atoms with van der Waals surface area (Å²) in [6, 6.07) is 14.0. The molecule has 28 heavy (non-hydrogen) atoms. The fraction of sp³-hybridized carbons (Fsp3) is 0.286. The van der Waals surface area contributed by atoms with Crippen LogP contribution in [0.15, 0.2) is 42.5 Å². The van der Waals surface area contributed by atoms with Gasteiger partial charge in [0.15, 0.2) is 17.3 Å². The molecule has 1 saturated heterocycles. The third-order valence-corrected chi connectivity index (χ3v) is 4.96. The molecule has 0 spiro atoms. The molecule has 0 saturated carbocycles. The van der Waals surface area contributed by atoms with Gasteiger partial charge >= 0.3 is 0 Å². The monoisotopic (exact) mass is 377 g/mol. The lowest BCUT2D eigenvalue weighted by Gasteiger charge is -2.34. The molecule has 0 bridgehead atoms. The van der Waals surface area contributed by atoms with Crippen molar-refractivity contribution < 1.29 is 19.1 Å². The van der Waals surface area contributed by atoms with Gasteiger partial charge in [-0.1, -0.05) is 6.07 Å².